The molecule has 0 aliphatic carbocycles. The average molecular weight is 252 g/mol. The number of halogens is 1. The maximum atomic E-state index is 10.5. The Morgan fingerprint density at radius 1 is 1.50 bits per heavy atom. The second kappa shape index (κ2) is 3.58. The summed E-state index contributed by atoms with van der Waals surface area (Å²) in [6, 6.07) is 6.03. The molecule has 0 aliphatic heterocycles. The minimum atomic E-state index is 0.480. The molecule has 0 unspecified atom stereocenters. The molecule has 0 aliphatic rings. The van der Waals surface area contributed by atoms with Crippen molar-refractivity contribution in [3.63, 3.8) is 0 Å². The lowest BCUT2D eigenvalue weighted by Crippen LogP contribution is -1.84. The summed E-state index contributed by atoms with van der Waals surface area (Å²) in [5, 5.41) is 1.15. The molecule has 3 heteroatoms. The number of carbonyl (C=O) groups is 1. The second-order valence-electron chi connectivity index (χ2n) is 3.27. The van der Waals surface area contributed by atoms with Crippen molar-refractivity contribution >= 4 is 33.1 Å². The fourth-order valence-corrected chi connectivity index (χ4v) is 2.40. The molecule has 2 nitrogen and oxygen atoms in total. The minimum Gasteiger partial charge on any atom is -0.349 e. The zero-order chi connectivity index (χ0) is 10.1. The number of aldehydes is 1. The van der Waals surface area contributed by atoms with Gasteiger partial charge in [-0.2, -0.15) is 0 Å². The van der Waals surface area contributed by atoms with E-state index in [0.29, 0.717) is 6.42 Å². The molecule has 2 aromatic rings. The summed E-state index contributed by atoms with van der Waals surface area (Å²) in [5.74, 6) is 0. The summed E-state index contributed by atoms with van der Waals surface area (Å²) in [7, 11) is 1.99. The van der Waals surface area contributed by atoms with Gasteiger partial charge < -0.3 is 9.36 Å². The molecular formula is C11H10BrNO. The molecule has 1 aromatic carbocycles. The number of nitrogens with zero attached hydrogens (tertiary/aromatic N) is 1. The number of carbonyl (C=O) groups excluding carboxylic acids is 1. The highest BCUT2D eigenvalue weighted by Gasteiger charge is 2.07. The highest BCUT2D eigenvalue weighted by molar-refractivity contribution is 9.10. The van der Waals surface area contributed by atoms with Gasteiger partial charge in [0, 0.05) is 29.5 Å². The highest BCUT2D eigenvalue weighted by Crippen LogP contribution is 2.27. The molecule has 0 radical (unpaired) electrons. The van der Waals surface area contributed by atoms with Crippen LogP contribution in [0, 0.1) is 0 Å². The van der Waals surface area contributed by atoms with Crippen molar-refractivity contribution in [2.75, 3.05) is 0 Å². The van der Waals surface area contributed by atoms with E-state index in [4.69, 9.17) is 0 Å². The van der Waals surface area contributed by atoms with Gasteiger partial charge in [0.2, 0.25) is 0 Å². The summed E-state index contributed by atoms with van der Waals surface area (Å²) in [6.07, 6.45) is 3.42. The lowest BCUT2D eigenvalue weighted by Gasteiger charge is -1.98. The lowest BCUT2D eigenvalue weighted by molar-refractivity contribution is -0.107. The number of fused-ring (bicyclic) bond motifs is 1. The molecule has 1 aromatic heterocycles. The van der Waals surface area contributed by atoms with E-state index in [1.807, 2.05) is 36.0 Å². The predicted octanol–water partition coefficient (Wildman–Crippen LogP) is 2.68. The van der Waals surface area contributed by atoms with Crippen LogP contribution in [0.2, 0.25) is 0 Å². The standard InChI is InChI=1S/C11H10BrNO/c1-13-7-8(5-6-14)9-3-2-4-10(12)11(9)13/h2-4,6-7H,5H2,1H3. The maximum absolute atomic E-state index is 10.5. The fraction of sp³-hybridized carbons (Fsp3) is 0.182. The Morgan fingerprint density at radius 2 is 2.29 bits per heavy atom. The van der Waals surface area contributed by atoms with E-state index in [1.165, 1.54) is 0 Å². The van der Waals surface area contributed by atoms with E-state index < -0.39 is 0 Å². The van der Waals surface area contributed by atoms with Crippen LogP contribution in [0.25, 0.3) is 10.9 Å². The van der Waals surface area contributed by atoms with Crippen molar-refractivity contribution in [2.24, 2.45) is 7.05 Å². The van der Waals surface area contributed by atoms with E-state index in [9.17, 15) is 4.79 Å². The first-order chi connectivity index (χ1) is 6.74. The molecule has 2 rings (SSSR count). The van der Waals surface area contributed by atoms with Crippen molar-refractivity contribution in [2.45, 2.75) is 6.42 Å². The molecule has 0 atom stereocenters. The van der Waals surface area contributed by atoms with Crippen molar-refractivity contribution in [1.82, 2.24) is 4.57 Å². The Kier molecular flexibility index (Phi) is 2.42. The molecule has 0 bridgehead atoms. The maximum Gasteiger partial charge on any atom is 0.124 e. The quantitative estimate of drug-likeness (QED) is 0.753. The summed E-state index contributed by atoms with van der Waals surface area (Å²) < 4.78 is 3.10. The predicted molar refractivity (Wildman–Crippen MR) is 60.4 cm³/mol. The first-order valence-electron chi connectivity index (χ1n) is 4.40. The lowest BCUT2D eigenvalue weighted by atomic mass is 10.1. The molecule has 0 spiro atoms. The largest absolute Gasteiger partial charge is 0.349 e. The fourth-order valence-electron chi connectivity index (χ4n) is 1.75. The monoisotopic (exact) mass is 251 g/mol. The average Bonchev–Trinajstić information content (AvgIpc) is 2.46. The van der Waals surface area contributed by atoms with Crippen LogP contribution in [0.5, 0.6) is 0 Å². The summed E-state index contributed by atoms with van der Waals surface area (Å²) >= 11 is 3.50. The number of hydrogen-bond donors (Lipinski definition) is 0. The van der Waals surface area contributed by atoms with Gasteiger partial charge >= 0.3 is 0 Å². The van der Waals surface area contributed by atoms with E-state index in [1.54, 1.807) is 0 Å². The van der Waals surface area contributed by atoms with Gasteiger partial charge in [-0.1, -0.05) is 12.1 Å². The Labute approximate surface area is 90.7 Å². The van der Waals surface area contributed by atoms with Gasteiger partial charge in [-0.3, -0.25) is 0 Å². The van der Waals surface area contributed by atoms with Crippen LogP contribution >= 0.6 is 15.9 Å². The highest BCUT2D eigenvalue weighted by atomic mass is 79.9. The third-order valence-corrected chi connectivity index (χ3v) is 2.98. The summed E-state index contributed by atoms with van der Waals surface area (Å²) in [5.41, 5.74) is 2.23. The van der Waals surface area contributed by atoms with Gasteiger partial charge in [-0.05, 0) is 27.6 Å². The molecule has 0 amide bonds. The molecule has 72 valence electrons. The third-order valence-electron chi connectivity index (χ3n) is 2.34. The second-order valence-corrected chi connectivity index (χ2v) is 4.13. The van der Waals surface area contributed by atoms with Crippen molar-refractivity contribution < 1.29 is 4.79 Å². The van der Waals surface area contributed by atoms with Crippen molar-refractivity contribution in [1.29, 1.82) is 0 Å². The third kappa shape index (κ3) is 1.38. The molecule has 0 N–H and O–H groups in total. The minimum absolute atomic E-state index is 0.480. The first kappa shape index (κ1) is 9.46. The van der Waals surface area contributed by atoms with E-state index >= 15 is 0 Å². The van der Waals surface area contributed by atoms with Gasteiger partial charge in [0.25, 0.3) is 0 Å². The molecule has 0 saturated carbocycles. The Balaban J connectivity index is 2.77. The Bertz CT molecular complexity index is 487. The zero-order valence-electron chi connectivity index (χ0n) is 7.83. The van der Waals surface area contributed by atoms with Gasteiger partial charge in [-0.15, -0.1) is 0 Å². The molecule has 1 heterocycles. The topological polar surface area (TPSA) is 22.0 Å². The number of hydrogen-bond acceptors (Lipinski definition) is 1. The van der Waals surface area contributed by atoms with Crippen LogP contribution in [-0.2, 0) is 18.3 Å². The van der Waals surface area contributed by atoms with E-state index in [0.717, 1.165) is 27.2 Å². The van der Waals surface area contributed by atoms with Gasteiger partial charge in [0.15, 0.2) is 0 Å². The molecular weight excluding hydrogens is 242 g/mol. The first-order valence-corrected chi connectivity index (χ1v) is 5.19. The normalized spacial score (nSPS) is 10.7. The van der Waals surface area contributed by atoms with Crippen LogP contribution in [-0.4, -0.2) is 10.9 Å². The number of benzene rings is 1. The Hall–Kier alpha value is -1.09. The summed E-state index contributed by atoms with van der Waals surface area (Å²) in [4.78, 5) is 10.5. The molecule has 0 saturated heterocycles. The summed E-state index contributed by atoms with van der Waals surface area (Å²) in [6.45, 7) is 0. The van der Waals surface area contributed by atoms with Gasteiger partial charge in [0.1, 0.15) is 6.29 Å². The van der Waals surface area contributed by atoms with Gasteiger partial charge in [-0.25, -0.2) is 0 Å². The van der Waals surface area contributed by atoms with Gasteiger partial charge in [0.05, 0.1) is 5.52 Å². The number of aryl methyl sites for hydroxylation is 1. The smallest absolute Gasteiger partial charge is 0.124 e. The van der Waals surface area contributed by atoms with Crippen LogP contribution in [0.4, 0.5) is 0 Å². The number of para-hydroxylation sites is 1. The van der Waals surface area contributed by atoms with Crippen molar-refractivity contribution in [3.05, 3.63) is 34.4 Å². The van der Waals surface area contributed by atoms with Crippen LogP contribution in [0.15, 0.2) is 28.9 Å². The van der Waals surface area contributed by atoms with E-state index in [-0.39, 0.29) is 0 Å². The van der Waals surface area contributed by atoms with Crippen LogP contribution < -0.4 is 0 Å². The van der Waals surface area contributed by atoms with Crippen LogP contribution in [0.1, 0.15) is 5.56 Å². The Morgan fingerprint density at radius 3 is 3.00 bits per heavy atom. The number of rotatable bonds is 2. The SMILES string of the molecule is Cn1cc(CC=O)c2cccc(Br)c21. The van der Waals surface area contributed by atoms with Crippen molar-refractivity contribution in [3.8, 4) is 0 Å². The molecule has 14 heavy (non-hydrogen) atoms. The number of aromatic nitrogens is 1. The molecule has 0 fully saturated rings. The van der Waals surface area contributed by atoms with Crippen LogP contribution in [0.3, 0.4) is 0 Å². The van der Waals surface area contributed by atoms with E-state index in [2.05, 4.69) is 15.9 Å². The zero-order valence-corrected chi connectivity index (χ0v) is 9.41.